The lowest BCUT2D eigenvalue weighted by molar-refractivity contribution is -0.121. The average Bonchev–Trinajstić information content (AvgIpc) is 2.89. The van der Waals surface area contributed by atoms with Gasteiger partial charge in [-0.15, -0.1) is 0 Å². The number of piperazine rings is 1. The molecule has 138 valence electrons. The number of nitrogens with zero attached hydrogens (tertiary/aromatic N) is 4. The minimum absolute atomic E-state index is 0.152. The van der Waals surface area contributed by atoms with E-state index in [1.807, 2.05) is 42.3 Å². The molecule has 0 unspecified atom stereocenters. The van der Waals surface area contributed by atoms with Crippen LogP contribution in [0.25, 0.3) is 6.08 Å². The van der Waals surface area contributed by atoms with E-state index < -0.39 is 0 Å². The Hall–Kier alpha value is -2.15. The van der Waals surface area contributed by atoms with Crippen LogP contribution in [0.4, 0.5) is 0 Å². The monoisotopic (exact) mass is 373 g/mol. The standard InChI is InChI=1S/C19H24ClN5O/c1-15-17(8-9-18(26)22-24-12-10-23(2)11-13-24)19(20)25(21-15)14-16-6-4-3-5-7-16/h3-9H,10-14H2,1-2H3,(H,22,26)/b9-8+. The number of rotatable bonds is 5. The van der Waals surface area contributed by atoms with Crippen LogP contribution in [-0.2, 0) is 11.3 Å². The van der Waals surface area contributed by atoms with Crippen LogP contribution in [0.15, 0.2) is 36.4 Å². The maximum absolute atomic E-state index is 12.2. The molecule has 1 aromatic carbocycles. The number of likely N-dealkylation sites (N-methyl/N-ethyl adjacent to an activating group) is 1. The van der Waals surface area contributed by atoms with Gasteiger partial charge in [-0.2, -0.15) is 5.10 Å². The maximum Gasteiger partial charge on any atom is 0.258 e. The molecule has 2 heterocycles. The van der Waals surface area contributed by atoms with Crippen molar-refractivity contribution < 1.29 is 4.79 Å². The Kier molecular flexibility index (Phi) is 6.08. The van der Waals surface area contributed by atoms with Gasteiger partial charge in [0.1, 0.15) is 5.15 Å². The van der Waals surface area contributed by atoms with Crippen LogP contribution in [0.2, 0.25) is 5.15 Å². The molecule has 0 atom stereocenters. The summed E-state index contributed by atoms with van der Waals surface area (Å²) in [5.41, 5.74) is 5.61. The van der Waals surface area contributed by atoms with Gasteiger partial charge in [0.25, 0.3) is 5.91 Å². The first-order chi connectivity index (χ1) is 12.5. The van der Waals surface area contributed by atoms with Gasteiger partial charge >= 0.3 is 0 Å². The highest BCUT2D eigenvalue weighted by Gasteiger charge is 2.15. The lowest BCUT2D eigenvalue weighted by Gasteiger charge is -2.31. The van der Waals surface area contributed by atoms with Crippen molar-refractivity contribution in [3.8, 4) is 0 Å². The summed E-state index contributed by atoms with van der Waals surface area (Å²) >= 11 is 6.47. The van der Waals surface area contributed by atoms with Gasteiger partial charge in [0.05, 0.1) is 12.2 Å². The van der Waals surface area contributed by atoms with Gasteiger partial charge in [0.2, 0.25) is 0 Å². The minimum Gasteiger partial charge on any atom is -0.304 e. The fraction of sp³-hybridized carbons (Fsp3) is 0.368. The van der Waals surface area contributed by atoms with Gasteiger partial charge in [0, 0.05) is 37.8 Å². The molecule has 1 aliphatic rings. The molecule has 1 saturated heterocycles. The van der Waals surface area contributed by atoms with Crippen molar-refractivity contribution in [2.75, 3.05) is 33.2 Å². The van der Waals surface area contributed by atoms with E-state index in [0.29, 0.717) is 11.7 Å². The number of aryl methyl sites for hydroxylation is 1. The van der Waals surface area contributed by atoms with Crippen molar-refractivity contribution in [3.05, 3.63) is 58.4 Å². The van der Waals surface area contributed by atoms with Crippen LogP contribution < -0.4 is 5.43 Å². The van der Waals surface area contributed by atoms with E-state index in [1.54, 1.807) is 10.8 Å². The van der Waals surface area contributed by atoms with E-state index in [1.165, 1.54) is 6.08 Å². The van der Waals surface area contributed by atoms with Crippen molar-refractivity contribution in [1.29, 1.82) is 0 Å². The van der Waals surface area contributed by atoms with Gasteiger partial charge in [0.15, 0.2) is 0 Å². The van der Waals surface area contributed by atoms with Crippen LogP contribution in [0.3, 0.4) is 0 Å². The molecule has 0 spiro atoms. The van der Waals surface area contributed by atoms with Crippen LogP contribution in [0.1, 0.15) is 16.8 Å². The SMILES string of the molecule is Cc1nn(Cc2ccccc2)c(Cl)c1/C=C/C(=O)NN1CCN(C)CC1. The Morgan fingerprint density at radius 3 is 2.62 bits per heavy atom. The van der Waals surface area contributed by atoms with Crippen molar-refractivity contribution in [2.24, 2.45) is 0 Å². The highest BCUT2D eigenvalue weighted by molar-refractivity contribution is 6.31. The number of carbonyl (C=O) groups is 1. The summed E-state index contributed by atoms with van der Waals surface area (Å²) in [6, 6.07) is 10.0. The number of benzene rings is 1. The highest BCUT2D eigenvalue weighted by Crippen LogP contribution is 2.22. The molecular formula is C19H24ClN5O. The fourth-order valence-electron chi connectivity index (χ4n) is 2.89. The second kappa shape index (κ2) is 8.49. The zero-order valence-corrected chi connectivity index (χ0v) is 15.9. The number of hydrogen-bond donors (Lipinski definition) is 1. The number of hydrogen-bond acceptors (Lipinski definition) is 4. The Labute approximate surface area is 159 Å². The molecule has 6 nitrogen and oxygen atoms in total. The van der Waals surface area contributed by atoms with Crippen LogP contribution in [0.5, 0.6) is 0 Å². The average molecular weight is 374 g/mol. The first-order valence-corrected chi connectivity index (χ1v) is 9.10. The molecule has 1 fully saturated rings. The highest BCUT2D eigenvalue weighted by atomic mass is 35.5. The number of hydrazine groups is 1. The largest absolute Gasteiger partial charge is 0.304 e. The van der Waals surface area contributed by atoms with Gasteiger partial charge in [-0.05, 0) is 25.6 Å². The lowest BCUT2D eigenvalue weighted by atomic mass is 10.2. The van der Waals surface area contributed by atoms with Crippen LogP contribution >= 0.6 is 11.6 Å². The molecule has 1 aromatic heterocycles. The first-order valence-electron chi connectivity index (χ1n) is 8.72. The lowest BCUT2D eigenvalue weighted by Crippen LogP contribution is -2.52. The summed E-state index contributed by atoms with van der Waals surface area (Å²) in [5, 5.41) is 6.97. The van der Waals surface area contributed by atoms with Gasteiger partial charge in [-0.3, -0.25) is 10.2 Å². The molecule has 1 amide bonds. The summed E-state index contributed by atoms with van der Waals surface area (Å²) in [7, 11) is 2.08. The zero-order valence-electron chi connectivity index (χ0n) is 15.2. The minimum atomic E-state index is -0.152. The third kappa shape index (κ3) is 4.72. The van der Waals surface area contributed by atoms with Gasteiger partial charge in [-0.25, -0.2) is 9.69 Å². The van der Waals surface area contributed by atoms with Crippen molar-refractivity contribution >= 4 is 23.6 Å². The third-order valence-electron chi connectivity index (χ3n) is 4.46. The van der Waals surface area contributed by atoms with E-state index in [-0.39, 0.29) is 5.91 Å². The number of amides is 1. The summed E-state index contributed by atoms with van der Waals surface area (Å²) < 4.78 is 1.75. The number of aromatic nitrogens is 2. The molecule has 0 saturated carbocycles. The smallest absolute Gasteiger partial charge is 0.258 e. The molecule has 7 heteroatoms. The summed E-state index contributed by atoms with van der Waals surface area (Å²) in [4.78, 5) is 14.4. The Morgan fingerprint density at radius 1 is 1.23 bits per heavy atom. The van der Waals surface area contributed by atoms with E-state index in [4.69, 9.17) is 11.6 Å². The predicted molar refractivity (Wildman–Crippen MR) is 104 cm³/mol. The van der Waals surface area contributed by atoms with E-state index in [9.17, 15) is 4.79 Å². The quantitative estimate of drug-likeness (QED) is 0.816. The van der Waals surface area contributed by atoms with Crippen molar-refractivity contribution in [2.45, 2.75) is 13.5 Å². The number of nitrogens with one attached hydrogen (secondary N) is 1. The van der Waals surface area contributed by atoms with E-state index in [0.717, 1.165) is 43.0 Å². The molecular weight excluding hydrogens is 350 g/mol. The second-order valence-electron chi connectivity index (χ2n) is 6.53. The summed E-state index contributed by atoms with van der Waals surface area (Å²) in [6.07, 6.45) is 3.25. The van der Waals surface area contributed by atoms with E-state index >= 15 is 0 Å². The third-order valence-corrected chi connectivity index (χ3v) is 4.86. The molecule has 1 aliphatic heterocycles. The fourth-order valence-corrected chi connectivity index (χ4v) is 3.19. The second-order valence-corrected chi connectivity index (χ2v) is 6.89. The Balaban J connectivity index is 1.63. The first kappa shape index (κ1) is 18.6. The maximum atomic E-state index is 12.2. The van der Waals surface area contributed by atoms with Gasteiger partial charge in [-0.1, -0.05) is 41.9 Å². The molecule has 26 heavy (non-hydrogen) atoms. The molecule has 3 rings (SSSR count). The Morgan fingerprint density at radius 2 is 1.92 bits per heavy atom. The summed E-state index contributed by atoms with van der Waals surface area (Å²) in [5.74, 6) is -0.152. The van der Waals surface area contributed by atoms with Gasteiger partial charge < -0.3 is 4.90 Å². The molecule has 0 aliphatic carbocycles. The topological polar surface area (TPSA) is 53.4 Å². The summed E-state index contributed by atoms with van der Waals surface area (Å²) in [6.45, 7) is 6.03. The number of carbonyl (C=O) groups excluding carboxylic acids is 1. The molecule has 0 radical (unpaired) electrons. The van der Waals surface area contributed by atoms with E-state index in [2.05, 4.69) is 22.5 Å². The molecule has 1 N–H and O–H groups in total. The van der Waals surface area contributed by atoms with Crippen LogP contribution in [-0.4, -0.2) is 58.8 Å². The number of halogens is 1. The van der Waals surface area contributed by atoms with Crippen LogP contribution in [0, 0.1) is 6.92 Å². The Bertz CT molecular complexity index is 779. The van der Waals surface area contributed by atoms with Crippen molar-refractivity contribution in [3.63, 3.8) is 0 Å². The van der Waals surface area contributed by atoms with Crippen molar-refractivity contribution in [1.82, 2.24) is 25.1 Å². The zero-order chi connectivity index (χ0) is 18.5. The predicted octanol–water partition coefficient (Wildman–Crippen LogP) is 2.19. The molecule has 0 bridgehead atoms. The molecule has 2 aromatic rings. The normalized spacial score (nSPS) is 16.3.